The third kappa shape index (κ3) is 1.75. The van der Waals surface area contributed by atoms with E-state index in [4.69, 9.17) is 11.6 Å². The number of aromatic nitrogens is 2. The highest BCUT2D eigenvalue weighted by Gasteiger charge is 2.12. The van der Waals surface area contributed by atoms with Crippen LogP contribution >= 0.6 is 11.6 Å². The van der Waals surface area contributed by atoms with Crippen molar-refractivity contribution in [3.63, 3.8) is 0 Å². The second-order valence-corrected chi connectivity index (χ2v) is 3.76. The maximum Gasteiger partial charge on any atom is 0.272 e. The lowest BCUT2D eigenvalue weighted by Gasteiger charge is -2.10. The summed E-state index contributed by atoms with van der Waals surface area (Å²) in [5, 5.41) is 0.239. The SMILES string of the molecule is Cc1nc(C(C)C)c(Cl)c(=O)n1C. The summed E-state index contributed by atoms with van der Waals surface area (Å²) in [5.74, 6) is 0.873. The molecule has 0 saturated carbocycles. The molecule has 13 heavy (non-hydrogen) atoms. The average molecular weight is 201 g/mol. The summed E-state index contributed by atoms with van der Waals surface area (Å²) in [4.78, 5) is 15.8. The quantitative estimate of drug-likeness (QED) is 0.694. The zero-order valence-electron chi connectivity index (χ0n) is 8.26. The molecule has 3 nitrogen and oxygen atoms in total. The van der Waals surface area contributed by atoms with Crippen LogP contribution in [0.1, 0.15) is 31.3 Å². The van der Waals surface area contributed by atoms with Crippen LogP contribution in [0.25, 0.3) is 0 Å². The minimum atomic E-state index is -0.169. The van der Waals surface area contributed by atoms with E-state index in [2.05, 4.69) is 4.98 Å². The van der Waals surface area contributed by atoms with E-state index < -0.39 is 0 Å². The van der Waals surface area contributed by atoms with Gasteiger partial charge in [-0.05, 0) is 12.8 Å². The molecule has 0 aliphatic heterocycles. The van der Waals surface area contributed by atoms with Crippen molar-refractivity contribution in [2.24, 2.45) is 7.05 Å². The van der Waals surface area contributed by atoms with Gasteiger partial charge in [0.25, 0.3) is 5.56 Å². The zero-order chi connectivity index (χ0) is 10.2. The molecule has 0 saturated heterocycles. The highest BCUT2D eigenvalue weighted by molar-refractivity contribution is 6.31. The highest BCUT2D eigenvalue weighted by atomic mass is 35.5. The molecule has 0 fully saturated rings. The molecule has 0 atom stereocenters. The Morgan fingerprint density at radius 3 is 2.46 bits per heavy atom. The molecule has 0 amide bonds. The fraction of sp³-hybridized carbons (Fsp3) is 0.556. The lowest BCUT2D eigenvalue weighted by Crippen LogP contribution is -2.23. The van der Waals surface area contributed by atoms with Crippen LogP contribution in [0, 0.1) is 6.92 Å². The molecular weight excluding hydrogens is 188 g/mol. The maximum atomic E-state index is 11.5. The smallest absolute Gasteiger partial charge is 0.272 e. The first-order valence-corrected chi connectivity index (χ1v) is 4.56. The van der Waals surface area contributed by atoms with Gasteiger partial charge in [0.2, 0.25) is 0 Å². The molecule has 0 aromatic carbocycles. The average Bonchev–Trinajstić information content (AvgIpc) is 2.07. The summed E-state index contributed by atoms with van der Waals surface area (Å²) in [7, 11) is 1.67. The number of hydrogen-bond donors (Lipinski definition) is 0. The first-order valence-electron chi connectivity index (χ1n) is 4.18. The van der Waals surface area contributed by atoms with Gasteiger partial charge in [-0.3, -0.25) is 9.36 Å². The molecule has 1 aromatic rings. The van der Waals surface area contributed by atoms with Gasteiger partial charge in [0, 0.05) is 7.05 Å². The fourth-order valence-corrected chi connectivity index (χ4v) is 1.47. The summed E-state index contributed by atoms with van der Waals surface area (Å²) in [5.41, 5.74) is 0.514. The van der Waals surface area contributed by atoms with E-state index in [0.29, 0.717) is 11.5 Å². The van der Waals surface area contributed by atoms with Crippen molar-refractivity contribution in [1.29, 1.82) is 0 Å². The van der Waals surface area contributed by atoms with Crippen molar-refractivity contribution in [3.05, 3.63) is 26.9 Å². The largest absolute Gasteiger partial charge is 0.299 e. The van der Waals surface area contributed by atoms with Gasteiger partial charge in [-0.1, -0.05) is 25.4 Å². The number of hydrogen-bond acceptors (Lipinski definition) is 2. The molecule has 0 spiro atoms. The van der Waals surface area contributed by atoms with Crippen LogP contribution in [0.4, 0.5) is 0 Å². The Morgan fingerprint density at radius 2 is 2.00 bits per heavy atom. The minimum absolute atomic E-state index is 0.169. The Labute approximate surface area is 82.4 Å². The van der Waals surface area contributed by atoms with Crippen molar-refractivity contribution in [2.45, 2.75) is 26.7 Å². The Bertz CT molecular complexity index is 382. The minimum Gasteiger partial charge on any atom is -0.299 e. The Kier molecular flexibility index (Phi) is 2.76. The first kappa shape index (κ1) is 10.3. The van der Waals surface area contributed by atoms with Gasteiger partial charge in [0.05, 0.1) is 5.69 Å². The normalized spacial score (nSPS) is 10.9. The van der Waals surface area contributed by atoms with Crippen molar-refractivity contribution < 1.29 is 0 Å². The molecule has 1 aromatic heterocycles. The Balaban J connectivity index is 3.51. The van der Waals surface area contributed by atoms with Crippen LogP contribution in [-0.2, 0) is 7.05 Å². The standard InChI is InChI=1S/C9H13ClN2O/c1-5(2)8-7(10)9(13)12(4)6(3)11-8/h5H,1-4H3. The summed E-state index contributed by atoms with van der Waals surface area (Å²) >= 11 is 5.87. The van der Waals surface area contributed by atoms with E-state index in [1.165, 1.54) is 4.57 Å². The van der Waals surface area contributed by atoms with E-state index >= 15 is 0 Å². The van der Waals surface area contributed by atoms with Crippen LogP contribution in [0.15, 0.2) is 4.79 Å². The predicted octanol–water partition coefficient (Wildman–Crippen LogP) is 1.87. The Hall–Kier alpha value is -0.830. The summed E-state index contributed by atoms with van der Waals surface area (Å²) in [6, 6.07) is 0. The number of aryl methyl sites for hydroxylation is 1. The van der Waals surface area contributed by atoms with Crippen LogP contribution in [0.5, 0.6) is 0 Å². The van der Waals surface area contributed by atoms with Gasteiger partial charge < -0.3 is 0 Å². The Morgan fingerprint density at radius 1 is 1.46 bits per heavy atom. The molecule has 0 N–H and O–H groups in total. The summed E-state index contributed by atoms with van der Waals surface area (Å²) < 4.78 is 1.45. The maximum absolute atomic E-state index is 11.5. The topological polar surface area (TPSA) is 34.9 Å². The van der Waals surface area contributed by atoms with Crippen LogP contribution < -0.4 is 5.56 Å². The van der Waals surface area contributed by atoms with Crippen LogP contribution in [0.2, 0.25) is 5.02 Å². The van der Waals surface area contributed by atoms with Crippen LogP contribution in [0.3, 0.4) is 0 Å². The van der Waals surface area contributed by atoms with Gasteiger partial charge in [-0.15, -0.1) is 0 Å². The molecule has 0 aliphatic rings. The summed E-state index contributed by atoms with van der Waals surface area (Å²) in [6.07, 6.45) is 0. The molecular formula is C9H13ClN2O. The first-order chi connectivity index (χ1) is 5.95. The van der Waals surface area contributed by atoms with Gasteiger partial charge in [0.1, 0.15) is 10.8 Å². The van der Waals surface area contributed by atoms with E-state index in [-0.39, 0.29) is 16.5 Å². The molecule has 0 bridgehead atoms. The van der Waals surface area contributed by atoms with Crippen LogP contribution in [-0.4, -0.2) is 9.55 Å². The third-order valence-electron chi connectivity index (χ3n) is 2.03. The fourth-order valence-electron chi connectivity index (χ4n) is 1.08. The molecule has 1 rings (SSSR count). The summed E-state index contributed by atoms with van der Waals surface area (Å²) in [6.45, 7) is 5.73. The van der Waals surface area contributed by atoms with Crippen molar-refractivity contribution in [1.82, 2.24) is 9.55 Å². The molecule has 72 valence electrons. The monoisotopic (exact) mass is 200 g/mol. The molecule has 0 radical (unpaired) electrons. The van der Waals surface area contributed by atoms with Gasteiger partial charge >= 0.3 is 0 Å². The second-order valence-electron chi connectivity index (χ2n) is 3.38. The van der Waals surface area contributed by atoms with Gasteiger partial charge in [0.15, 0.2) is 0 Å². The molecule has 4 heteroatoms. The van der Waals surface area contributed by atoms with Crippen molar-refractivity contribution in [3.8, 4) is 0 Å². The van der Waals surface area contributed by atoms with E-state index in [1.54, 1.807) is 14.0 Å². The van der Waals surface area contributed by atoms with E-state index in [1.807, 2.05) is 13.8 Å². The lowest BCUT2D eigenvalue weighted by atomic mass is 10.1. The highest BCUT2D eigenvalue weighted by Crippen LogP contribution is 2.18. The number of rotatable bonds is 1. The second kappa shape index (κ2) is 3.50. The van der Waals surface area contributed by atoms with E-state index in [9.17, 15) is 4.79 Å². The van der Waals surface area contributed by atoms with Gasteiger partial charge in [-0.25, -0.2) is 4.98 Å². The molecule has 1 heterocycles. The van der Waals surface area contributed by atoms with Gasteiger partial charge in [-0.2, -0.15) is 0 Å². The van der Waals surface area contributed by atoms with E-state index in [0.717, 1.165) is 0 Å². The predicted molar refractivity (Wildman–Crippen MR) is 53.3 cm³/mol. The molecule has 0 unspecified atom stereocenters. The number of halogens is 1. The zero-order valence-corrected chi connectivity index (χ0v) is 9.01. The van der Waals surface area contributed by atoms with Crippen molar-refractivity contribution in [2.75, 3.05) is 0 Å². The number of nitrogens with zero attached hydrogens (tertiary/aromatic N) is 2. The third-order valence-corrected chi connectivity index (χ3v) is 2.39. The lowest BCUT2D eigenvalue weighted by molar-refractivity contribution is 0.723. The molecule has 0 aliphatic carbocycles. The van der Waals surface area contributed by atoms with Crippen molar-refractivity contribution >= 4 is 11.6 Å².